The minimum Gasteiger partial charge on any atom is -0.317 e. The zero-order chi connectivity index (χ0) is 12.3. The molecule has 88 valence electrons. The van der Waals surface area contributed by atoms with E-state index in [1.54, 1.807) is 6.07 Å². The molecule has 0 bridgehead atoms. The second kappa shape index (κ2) is 4.52. The first kappa shape index (κ1) is 11.6. The van der Waals surface area contributed by atoms with Crippen LogP contribution in [0.5, 0.6) is 0 Å². The van der Waals surface area contributed by atoms with Crippen LogP contribution >= 0.6 is 0 Å². The predicted octanol–water partition coefficient (Wildman–Crippen LogP) is 1.74. The fraction of sp³-hybridized carbons (Fsp3) is 0.417. The minimum absolute atomic E-state index is 0.0515. The van der Waals surface area contributed by atoms with E-state index in [-0.39, 0.29) is 5.69 Å². The zero-order valence-electron chi connectivity index (χ0n) is 9.35. The van der Waals surface area contributed by atoms with Crippen molar-refractivity contribution in [2.24, 2.45) is 0 Å². The topological polar surface area (TPSA) is 79.0 Å². The van der Waals surface area contributed by atoms with Crippen molar-refractivity contribution in [1.82, 2.24) is 5.32 Å². The standard InChI is InChI=1S/C12H13N3O2/c13-9-12(4-6-14-7-5-12)10-2-1-3-11(8-10)15(16)17/h1-3,8,14H,4-7H2. The number of nitrogens with zero attached hydrogens (tertiary/aromatic N) is 2. The van der Waals surface area contributed by atoms with Crippen molar-refractivity contribution in [3.8, 4) is 6.07 Å². The van der Waals surface area contributed by atoms with Crippen LogP contribution in [0.2, 0.25) is 0 Å². The molecule has 0 aromatic heterocycles. The Morgan fingerprint density at radius 3 is 2.71 bits per heavy atom. The molecule has 0 unspecified atom stereocenters. The van der Waals surface area contributed by atoms with Crippen LogP contribution in [0, 0.1) is 21.4 Å². The lowest BCUT2D eigenvalue weighted by atomic mass is 9.74. The number of nitriles is 1. The number of rotatable bonds is 2. The summed E-state index contributed by atoms with van der Waals surface area (Å²) in [6.07, 6.45) is 1.40. The normalized spacial score (nSPS) is 18.3. The predicted molar refractivity (Wildman–Crippen MR) is 62.5 cm³/mol. The number of nitro groups is 1. The quantitative estimate of drug-likeness (QED) is 0.621. The van der Waals surface area contributed by atoms with Gasteiger partial charge >= 0.3 is 0 Å². The number of non-ortho nitro benzene ring substituents is 1. The Bertz CT molecular complexity index is 473. The Kier molecular flexibility index (Phi) is 3.07. The number of nitro benzene ring substituents is 1. The van der Waals surface area contributed by atoms with Gasteiger partial charge in [-0.1, -0.05) is 12.1 Å². The molecule has 0 amide bonds. The fourth-order valence-corrected chi connectivity index (χ4v) is 2.24. The molecule has 2 rings (SSSR count). The van der Waals surface area contributed by atoms with Gasteiger partial charge < -0.3 is 5.32 Å². The van der Waals surface area contributed by atoms with Crippen LogP contribution in [-0.2, 0) is 5.41 Å². The number of benzene rings is 1. The molecular weight excluding hydrogens is 218 g/mol. The molecule has 1 aromatic carbocycles. The summed E-state index contributed by atoms with van der Waals surface area (Å²) in [5.74, 6) is 0. The number of hydrogen-bond donors (Lipinski definition) is 1. The lowest BCUT2D eigenvalue weighted by molar-refractivity contribution is -0.385. The maximum atomic E-state index is 10.7. The molecule has 1 heterocycles. The Morgan fingerprint density at radius 2 is 2.12 bits per heavy atom. The van der Waals surface area contributed by atoms with Gasteiger partial charge in [-0.15, -0.1) is 0 Å². The number of nitrogens with one attached hydrogen (secondary N) is 1. The Hall–Kier alpha value is -1.93. The van der Waals surface area contributed by atoms with Crippen LogP contribution in [0.15, 0.2) is 24.3 Å². The summed E-state index contributed by atoms with van der Waals surface area (Å²) in [5.41, 5.74) is 0.239. The molecule has 1 saturated heterocycles. The summed E-state index contributed by atoms with van der Waals surface area (Å²) >= 11 is 0. The van der Waals surface area contributed by atoms with Crippen LogP contribution < -0.4 is 5.32 Å². The summed E-state index contributed by atoms with van der Waals surface area (Å²) < 4.78 is 0. The maximum Gasteiger partial charge on any atom is 0.269 e. The van der Waals surface area contributed by atoms with E-state index >= 15 is 0 Å². The molecule has 5 nitrogen and oxygen atoms in total. The minimum atomic E-state index is -0.572. The van der Waals surface area contributed by atoms with Crippen molar-refractivity contribution in [1.29, 1.82) is 5.26 Å². The molecule has 17 heavy (non-hydrogen) atoms. The Labute approximate surface area is 99.2 Å². The van der Waals surface area contributed by atoms with Gasteiger partial charge in [0.15, 0.2) is 0 Å². The van der Waals surface area contributed by atoms with Gasteiger partial charge in [0.25, 0.3) is 5.69 Å². The van der Waals surface area contributed by atoms with E-state index in [0.717, 1.165) is 18.7 Å². The summed E-state index contributed by atoms with van der Waals surface area (Å²) in [7, 11) is 0. The van der Waals surface area contributed by atoms with Crippen LogP contribution in [0.3, 0.4) is 0 Å². The monoisotopic (exact) mass is 231 g/mol. The van der Waals surface area contributed by atoms with Crippen molar-refractivity contribution in [3.05, 3.63) is 39.9 Å². The average Bonchev–Trinajstić information content (AvgIpc) is 2.39. The molecule has 1 N–H and O–H groups in total. The van der Waals surface area contributed by atoms with Gasteiger partial charge in [0.05, 0.1) is 16.4 Å². The molecule has 5 heteroatoms. The lowest BCUT2D eigenvalue weighted by Gasteiger charge is -2.31. The summed E-state index contributed by atoms with van der Waals surface area (Å²) in [5, 5.41) is 23.3. The third-order valence-corrected chi connectivity index (χ3v) is 3.28. The highest BCUT2D eigenvalue weighted by molar-refractivity contribution is 5.41. The van der Waals surface area contributed by atoms with Crippen molar-refractivity contribution in [2.75, 3.05) is 13.1 Å². The van der Waals surface area contributed by atoms with Gasteiger partial charge in [0.1, 0.15) is 0 Å². The molecule has 1 aliphatic rings. The van der Waals surface area contributed by atoms with E-state index in [9.17, 15) is 15.4 Å². The molecule has 0 saturated carbocycles. The van der Waals surface area contributed by atoms with Crippen molar-refractivity contribution in [3.63, 3.8) is 0 Å². The fourth-order valence-electron chi connectivity index (χ4n) is 2.24. The van der Waals surface area contributed by atoms with Crippen LogP contribution in [0.4, 0.5) is 5.69 Å². The summed E-state index contributed by atoms with van der Waals surface area (Å²) in [6.45, 7) is 1.55. The first-order valence-corrected chi connectivity index (χ1v) is 5.55. The largest absolute Gasteiger partial charge is 0.317 e. The lowest BCUT2D eigenvalue weighted by Crippen LogP contribution is -2.38. The third-order valence-electron chi connectivity index (χ3n) is 3.28. The van der Waals surface area contributed by atoms with Crippen LogP contribution in [0.1, 0.15) is 18.4 Å². The van der Waals surface area contributed by atoms with Gasteiger partial charge in [0, 0.05) is 12.1 Å². The SMILES string of the molecule is N#CC1(c2cccc([N+](=O)[O-])c2)CCNCC1. The third kappa shape index (κ3) is 2.12. The number of hydrogen-bond acceptors (Lipinski definition) is 4. The second-order valence-electron chi connectivity index (χ2n) is 4.25. The van der Waals surface area contributed by atoms with Gasteiger partial charge in [-0.2, -0.15) is 5.26 Å². The molecule has 1 aromatic rings. The Balaban J connectivity index is 2.40. The van der Waals surface area contributed by atoms with E-state index in [2.05, 4.69) is 11.4 Å². The van der Waals surface area contributed by atoms with Gasteiger partial charge in [-0.05, 0) is 31.5 Å². The van der Waals surface area contributed by atoms with Gasteiger partial charge in [-0.3, -0.25) is 10.1 Å². The van der Waals surface area contributed by atoms with E-state index < -0.39 is 10.3 Å². The maximum absolute atomic E-state index is 10.7. The molecular formula is C12H13N3O2. The van der Waals surface area contributed by atoms with E-state index in [0.29, 0.717) is 12.8 Å². The molecule has 1 fully saturated rings. The highest BCUT2D eigenvalue weighted by Crippen LogP contribution is 2.34. The van der Waals surface area contributed by atoms with Crippen molar-refractivity contribution >= 4 is 5.69 Å². The first-order valence-electron chi connectivity index (χ1n) is 5.55. The highest BCUT2D eigenvalue weighted by Gasteiger charge is 2.34. The summed E-state index contributed by atoms with van der Waals surface area (Å²) in [6, 6.07) is 8.77. The van der Waals surface area contributed by atoms with Crippen molar-refractivity contribution < 1.29 is 4.92 Å². The zero-order valence-corrected chi connectivity index (χ0v) is 9.35. The molecule has 0 spiro atoms. The second-order valence-corrected chi connectivity index (χ2v) is 4.25. The molecule has 0 atom stereocenters. The van der Waals surface area contributed by atoms with Crippen molar-refractivity contribution in [2.45, 2.75) is 18.3 Å². The first-order chi connectivity index (χ1) is 8.18. The summed E-state index contributed by atoms with van der Waals surface area (Å²) in [4.78, 5) is 10.3. The van der Waals surface area contributed by atoms with Crippen LogP contribution in [0.25, 0.3) is 0 Å². The highest BCUT2D eigenvalue weighted by atomic mass is 16.6. The van der Waals surface area contributed by atoms with Gasteiger partial charge in [0.2, 0.25) is 0 Å². The molecule has 0 aliphatic carbocycles. The van der Waals surface area contributed by atoms with E-state index in [1.807, 2.05) is 6.07 Å². The average molecular weight is 231 g/mol. The van der Waals surface area contributed by atoms with Crippen LogP contribution in [-0.4, -0.2) is 18.0 Å². The molecule has 1 aliphatic heterocycles. The van der Waals surface area contributed by atoms with E-state index in [4.69, 9.17) is 0 Å². The smallest absolute Gasteiger partial charge is 0.269 e. The van der Waals surface area contributed by atoms with Gasteiger partial charge in [-0.25, -0.2) is 0 Å². The molecule has 0 radical (unpaired) electrons. The van der Waals surface area contributed by atoms with E-state index in [1.165, 1.54) is 12.1 Å². The number of piperidine rings is 1. The Morgan fingerprint density at radius 1 is 1.41 bits per heavy atom.